The van der Waals surface area contributed by atoms with Crippen molar-refractivity contribution in [3.63, 3.8) is 0 Å². The summed E-state index contributed by atoms with van der Waals surface area (Å²) in [7, 11) is 0. The molecule has 0 unspecified atom stereocenters. The van der Waals surface area contributed by atoms with Crippen LogP contribution in [-0.2, 0) is 18.4 Å². The van der Waals surface area contributed by atoms with Crippen LogP contribution in [0.5, 0.6) is 0 Å². The van der Waals surface area contributed by atoms with E-state index in [0.29, 0.717) is 6.54 Å². The number of hydrogen-bond acceptors (Lipinski definition) is 3. The molecular weight excluding hydrogens is 264 g/mol. The van der Waals surface area contributed by atoms with Gasteiger partial charge >= 0.3 is 0 Å². The Morgan fingerprint density at radius 1 is 1.15 bits per heavy atom. The van der Waals surface area contributed by atoms with Crippen molar-refractivity contribution in [2.75, 3.05) is 0 Å². The standard InChI is InChI=1S/C17H24N2S/c1-11-6-13(17(3,4)5)7-12(2)15(11)8-16-19-14(9-18)10-20-16/h6-7,10H,8-9,18H2,1-5H3. The fourth-order valence-corrected chi connectivity index (χ4v) is 3.20. The van der Waals surface area contributed by atoms with Gasteiger partial charge in [-0.15, -0.1) is 11.3 Å². The third-order valence-corrected chi connectivity index (χ3v) is 4.60. The van der Waals surface area contributed by atoms with E-state index in [0.717, 1.165) is 17.1 Å². The van der Waals surface area contributed by atoms with Gasteiger partial charge in [0.05, 0.1) is 10.7 Å². The molecule has 2 nitrogen and oxygen atoms in total. The molecule has 0 aliphatic rings. The molecule has 20 heavy (non-hydrogen) atoms. The number of aromatic nitrogens is 1. The lowest BCUT2D eigenvalue weighted by Crippen LogP contribution is -2.12. The van der Waals surface area contributed by atoms with Crippen LogP contribution in [0.1, 0.15) is 53.7 Å². The molecule has 2 rings (SSSR count). The third kappa shape index (κ3) is 3.28. The van der Waals surface area contributed by atoms with Crippen molar-refractivity contribution in [3.05, 3.63) is 50.5 Å². The van der Waals surface area contributed by atoms with Crippen molar-refractivity contribution in [2.24, 2.45) is 5.73 Å². The summed E-state index contributed by atoms with van der Waals surface area (Å²) in [5, 5.41) is 3.21. The second kappa shape index (κ2) is 5.66. The van der Waals surface area contributed by atoms with Gasteiger partial charge in [0.1, 0.15) is 0 Å². The van der Waals surface area contributed by atoms with E-state index in [1.807, 2.05) is 0 Å². The Bertz CT molecular complexity index is 583. The van der Waals surface area contributed by atoms with Crippen molar-refractivity contribution in [2.45, 2.75) is 53.0 Å². The Morgan fingerprint density at radius 2 is 1.75 bits per heavy atom. The van der Waals surface area contributed by atoms with Gasteiger partial charge < -0.3 is 5.73 Å². The fourth-order valence-electron chi connectivity index (χ4n) is 2.38. The highest BCUT2D eigenvalue weighted by molar-refractivity contribution is 7.09. The number of nitrogens with two attached hydrogens (primary N) is 1. The average Bonchev–Trinajstić information content (AvgIpc) is 2.80. The number of hydrogen-bond donors (Lipinski definition) is 1. The maximum atomic E-state index is 5.63. The predicted molar refractivity (Wildman–Crippen MR) is 87.4 cm³/mol. The molecule has 1 aromatic carbocycles. The Morgan fingerprint density at radius 3 is 2.20 bits per heavy atom. The lowest BCUT2D eigenvalue weighted by Gasteiger charge is -2.22. The molecule has 1 heterocycles. The smallest absolute Gasteiger partial charge is 0.0972 e. The number of rotatable bonds is 3. The van der Waals surface area contributed by atoms with E-state index < -0.39 is 0 Å². The molecule has 2 N–H and O–H groups in total. The first-order valence-electron chi connectivity index (χ1n) is 7.05. The minimum absolute atomic E-state index is 0.196. The first-order valence-corrected chi connectivity index (χ1v) is 7.93. The van der Waals surface area contributed by atoms with Gasteiger partial charge in [-0.05, 0) is 41.5 Å². The zero-order valence-corrected chi connectivity index (χ0v) is 13.9. The van der Waals surface area contributed by atoms with Crippen molar-refractivity contribution in [1.82, 2.24) is 4.98 Å². The van der Waals surface area contributed by atoms with Crippen molar-refractivity contribution < 1.29 is 0 Å². The van der Waals surface area contributed by atoms with Gasteiger partial charge in [0.15, 0.2) is 0 Å². The molecule has 0 radical (unpaired) electrons. The highest BCUT2D eigenvalue weighted by Gasteiger charge is 2.16. The first kappa shape index (κ1) is 15.2. The molecule has 0 amide bonds. The van der Waals surface area contributed by atoms with E-state index in [1.165, 1.54) is 22.3 Å². The molecule has 0 bridgehead atoms. The molecular formula is C17H24N2S. The van der Waals surface area contributed by atoms with Gasteiger partial charge in [0.25, 0.3) is 0 Å². The maximum Gasteiger partial charge on any atom is 0.0972 e. The zero-order valence-electron chi connectivity index (χ0n) is 13.1. The summed E-state index contributed by atoms with van der Waals surface area (Å²) in [6.45, 7) is 11.7. The van der Waals surface area contributed by atoms with Gasteiger partial charge in [-0.3, -0.25) is 0 Å². The number of benzene rings is 1. The SMILES string of the molecule is Cc1cc(C(C)(C)C)cc(C)c1Cc1nc(CN)cs1. The van der Waals surface area contributed by atoms with Crippen molar-refractivity contribution in [1.29, 1.82) is 0 Å². The summed E-state index contributed by atoms with van der Waals surface area (Å²) in [5.74, 6) is 0. The van der Waals surface area contributed by atoms with Crippen molar-refractivity contribution in [3.8, 4) is 0 Å². The van der Waals surface area contributed by atoms with Crippen LogP contribution in [-0.4, -0.2) is 4.98 Å². The molecule has 0 aliphatic heterocycles. The number of nitrogens with zero attached hydrogens (tertiary/aromatic N) is 1. The molecule has 0 fully saturated rings. The van der Waals surface area contributed by atoms with Gasteiger partial charge in [0, 0.05) is 18.3 Å². The van der Waals surface area contributed by atoms with Crippen LogP contribution in [0.4, 0.5) is 0 Å². The van der Waals surface area contributed by atoms with Crippen LogP contribution >= 0.6 is 11.3 Å². The average molecular weight is 288 g/mol. The molecule has 0 aliphatic carbocycles. The van der Waals surface area contributed by atoms with Crippen molar-refractivity contribution >= 4 is 11.3 Å². The molecule has 3 heteroatoms. The van der Waals surface area contributed by atoms with Gasteiger partial charge in [0.2, 0.25) is 0 Å². The summed E-state index contributed by atoms with van der Waals surface area (Å²) in [6.07, 6.45) is 0.909. The predicted octanol–water partition coefficient (Wildman–Crippen LogP) is 4.11. The van der Waals surface area contributed by atoms with E-state index in [-0.39, 0.29) is 5.41 Å². The van der Waals surface area contributed by atoms with E-state index in [4.69, 9.17) is 5.73 Å². The fraction of sp³-hybridized carbons (Fsp3) is 0.471. The van der Waals surface area contributed by atoms with Crippen LogP contribution in [0, 0.1) is 13.8 Å². The molecule has 0 spiro atoms. The van der Waals surface area contributed by atoms with E-state index in [1.54, 1.807) is 11.3 Å². The molecule has 0 atom stereocenters. The molecule has 0 saturated carbocycles. The molecule has 2 aromatic rings. The summed E-state index contributed by atoms with van der Waals surface area (Å²) < 4.78 is 0. The molecule has 0 saturated heterocycles. The Labute approximate surface area is 126 Å². The second-order valence-corrected chi connectivity index (χ2v) is 7.39. The quantitative estimate of drug-likeness (QED) is 0.923. The third-order valence-electron chi connectivity index (χ3n) is 3.70. The van der Waals surface area contributed by atoms with E-state index >= 15 is 0 Å². The Kier molecular flexibility index (Phi) is 4.31. The summed E-state index contributed by atoms with van der Waals surface area (Å²) in [5.41, 5.74) is 12.3. The van der Waals surface area contributed by atoms with E-state index in [9.17, 15) is 0 Å². The second-order valence-electron chi connectivity index (χ2n) is 6.45. The summed E-state index contributed by atoms with van der Waals surface area (Å²) in [4.78, 5) is 4.57. The first-order chi connectivity index (χ1) is 9.31. The highest BCUT2D eigenvalue weighted by atomic mass is 32.1. The topological polar surface area (TPSA) is 38.9 Å². The minimum atomic E-state index is 0.196. The summed E-state index contributed by atoms with van der Waals surface area (Å²) >= 11 is 1.71. The highest BCUT2D eigenvalue weighted by Crippen LogP contribution is 2.28. The largest absolute Gasteiger partial charge is 0.325 e. The number of thiazole rings is 1. The Hall–Kier alpha value is -1.19. The monoisotopic (exact) mass is 288 g/mol. The van der Waals surface area contributed by atoms with Crippen LogP contribution in [0.25, 0.3) is 0 Å². The zero-order chi connectivity index (χ0) is 14.9. The van der Waals surface area contributed by atoms with Crippen LogP contribution in [0.15, 0.2) is 17.5 Å². The Balaban J connectivity index is 2.33. The lowest BCUT2D eigenvalue weighted by atomic mass is 9.83. The van der Waals surface area contributed by atoms with Gasteiger partial charge in [-0.1, -0.05) is 32.9 Å². The van der Waals surface area contributed by atoms with Crippen LogP contribution < -0.4 is 5.73 Å². The molecule has 1 aromatic heterocycles. The van der Waals surface area contributed by atoms with Gasteiger partial charge in [-0.25, -0.2) is 4.98 Å². The normalized spacial score (nSPS) is 11.9. The van der Waals surface area contributed by atoms with Crippen LogP contribution in [0.3, 0.4) is 0 Å². The maximum absolute atomic E-state index is 5.63. The minimum Gasteiger partial charge on any atom is -0.325 e. The summed E-state index contributed by atoms with van der Waals surface area (Å²) in [6, 6.07) is 4.64. The van der Waals surface area contributed by atoms with E-state index in [2.05, 4.69) is 57.1 Å². The van der Waals surface area contributed by atoms with Crippen LogP contribution in [0.2, 0.25) is 0 Å². The van der Waals surface area contributed by atoms with Gasteiger partial charge in [-0.2, -0.15) is 0 Å². The number of aryl methyl sites for hydroxylation is 2. The molecule has 108 valence electrons. The lowest BCUT2D eigenvalue weighted by molar-refractivity contribution is 0.589.